The van der Waals surface area contributed by atoms with E-state index in [-0.39, 0.29) is 0 Å². The first-order valence-electron chi connectivity index (χ1n) is 12.1. The number of hydrogen-bond acceptors (Lipinski definition) is 2. The van der Waals surface area contributed by atoms with Gasteiger partial charge in [-0.15, -0.1) is 0 Å². The lowest BCUT2D eigenvalue weighted by Gasteiger charge is -2.06. The number of benzene rings is 1. The molecule has 0 saturated carbocycles. The molecule has 0 bridgehead atoms. The molecule has 0 saturated heterocycles. The molecule has 0 aliphatic carbocycles. The number of nitrogens with one attached hydrogen (secondary N) is 1. The summed E-state index contributed by atoms with van der Waals surface area (Å²) in [6.07, 6.45) is 26.2. The van der Waals surface area contributed by atoms with E-state index in [9.17, 15) is 4.79 Å². The van der Waals surface area contributed by atoms with E-state index in [1.165, 1.54) is 89.9 Å². The summed E-state index contributed by atoms with van der Waals surface area (Å²) in [7, 11) is 0. The molecule has 0 aliphatic heterocycles. The van der Waals surface area contributed by atoms with E-state index in [1.807, 2.05) is 24.3 Å². The summed E-state index contributed by atoms with van der Waals surface area (Å²) < 4.78 is 0. The predicted molar refractivity (Wildman–Crippen MR) is 131 cm³/mol. The molecule has 30 heavy (non-hydrogen) atoms. The number of unbranched alkanes of at least 4 members (excludes halogenated alkanes) is 12. The molecule has 0 spiro atoms. The van der Waals surface area contributed by atoms with E-state index in [2.05, 4.69) is 24.4 Å². The summed E-state index contributed by atoms with van der Waals surface area (Å²) in [5.74, 6) is -0.919. The number of allylic oxidation sites excluding steroid dienone is 2. The van der Waals surface area contributed by atoms with Crippen LogP contribution in [0.2, 0.25) is 0 Å². The molecule has 0 atom stereocenters. The Morgan fingerprint density at radius 1 is 0.800 bits per heavy atom. The van der Waals surface area contributed by atoms with E-state index in [4.69, 9.17) is 5.11 Å². The lowest BCUT2D eigenvalue weighted by molar-refractivity contribution is -0.131. The van der Waals surface area contributed by atoms with Crippen molar-refractivity contribution in [3.05, 3.63) is 48.1 Å². The second-order valence-corrected chi connectivity index (χ2v) is 8.16. The highest BCUT2D eigenvalue weighted by molar-refractivity contribution is 5.85. The third-order valence-corrected chi connectivity index (χ3v) is 5.35. The number of hydrogen-bond donors (Lipinski definition) is 2. The molecular formula is C27H43NO2. The summed E-state index contributed by atoms with van der Waals surface area (Å²) in [4.78, 5) is 10.5. The minimum Gasteiger partial charge on any atom is -0.478 e. The molecule has 0 radical (unpaired) electrons. The number of carboxylic acid groups (broad SMARTS) is 1. The van der Waals surface area contributed by atoms with Gasteiger partial charge in [0.15, 0.2) is 0 Å². The zero-order valence-electron chi connectivity index (χ0n) is 19.1. The number of rotatable bonds is 19. The molecule has 0 aromatic heterocycles. The molecule has 0 amide bonds. The van der Waals surface area contributed by atoms with Crippen LogP contribution in [0, 0.1) is 0 Å². The Morgan fingerprint density at radius 2 is 1.33 bits per heavy atom. The van der Waals surface area contributed by atoms with Gasteiger partial charge in [0.1, 0.15) is 0 Å². The van der Waals surface area contributed by atoms with Gasteiger partial charge in [0, 0.05) is 18.3 Å². The molecule has 0 fully saturated rings. The lowest BCUT2D eigenvalue weighted by atomic mass is 10.1. The third kappa shape index (κ3) is 15.8. The van der Waals surface area contributed by atoms with Gasteiger partial charge in [0.25, 0.3) is 0 Å². The normalized spacial score (nSPS) is 11.5. The monoisotopic (exact) mass is 413 g/mol. The molecule has 168 valence electrons. The van der Waals surface area contributed by atoms with E-state index in [0.717, 1.165) is 23.9 Å². The summed E-state index contributed by atoms with van der Waals surface area (Å²) in [6, 6.07) is 7.87. The van der Waals surface area contributed by atoms with Crippen LogP contribution in [0.25, 0.3) is 6.08 Å². The SMILES string of the molecule is CCCCCCCC/C=C/CCCCCCCCNc1ccc(/C=C/C(=O)O)cc1. The number of anilines is 1. The zero-order chi connectivity index (χ0) is 21.7. The fourth-order valence-electron chi connectivity index (χ4n) is 3.48. The van der Waals surface area contributed by atoms with E-state index in [0.29, 0.717) is 0 Å². The minimum atomic E-state index is -0.919. The Balaban J connectivity index is 1.88. The largest absolute Gasteiger partial charge is 0.478 e. The van der Waals surface area contributed by atoms with Crippen LogP contribution >= 0.6 is 0 Å². The van der Waals surface area contributed by atoms with Crippen LogP contribution in [-0.4, -0.2) is 17.6 Å². The van der Waals surface area contributed by atoms with Gasteiger partial charge in [-0.2, -0.15) is 0 Å². The van der Waals surface area contributed by atoms with Crippen LogP contribution in [0.3, 0.4) is 0 Å². The van der Waals surface area contributed by atoms with Crippen molar-refractivity contribution in [2.45, 2.75) is 96.8 Å². The van der Waals surface area contributed by atoms with Crippen molar-refractivity contribution in [2.24, 2.45) is 0 Å². The molecule has 3 nitrogen and oxygen atoms in total. The highest BCUT2D eigenvalue weighted by Crippen LogP contribution is 2.12. The van der Waals surface area contributed by atoms with Crippen molar-refractivity contribution >= 4 is 17.7 Å². The van der Waals surface area contributed by atoms with Crippen LogP contribution in [-0.2, 0) is 4.79 Å². The molecule has 2 N–H and O–H groups in total. The first-order valence-corrected chi connectivity index (χ1v) is 12.1. The topological polar surface area (TPSA) is 49.3 Å². The lowest BCUT2D eigenvalue weighted by Crippen LogP contribution is -2.01. The van der Waals surface area contributed by atoms with Crippen molar-refractivity contribution in [3.63, 3.8) is 0 Å². The summed E-state index contributed by atoms with van der Waals surface area (Å²) in [6.45, 7) is 3.26. The first-order chi connectivity index (χ1) is 14.7. The first kappa shape index (κ1) is 26.0. The second kappa shape index (κ2) is 19.0. The Morgan fingerprint density at radius 3 is 1.90 bits per heavy atom. The van der Waals surface area contributed by atoms with Gasteiger partial charge in [-0.05, 0) is 55.9 Å². The van der Waals surface area contributed by atoms with E-state index < -0.39 is 5.97 Å². The minimum absolute atomic E-state index is 0.903. The van der Waals surface area contributed by atoms with Gasteiger partial charge in [-0.1, -0.05) is 89.0 Å². The number of carboxylic acids is 1. The summed E-state index contributed by atoms with van der Waals surface area (Å²) in [5, 5.41) is 12.1. The van der Waals surface area contributed by atoms with Gasteiger partial charge in [0.2, 0.25) is 0 Å². The van der Waals surface area contributed by atoms with Crippen LogP contribution in [0.15, 0.2) is 42.5 Å². The molecule has 0 heterocycles. The predicted octanol–water partition coefficient (Wildman–Crippen LogP) is 8.23. The van der Waals surface area contributed by atoms with Crippen LogP contribution in [0.5, 0.6) is 0 Å². The highest BCUT2D eigenvalue weighted by Gasteiger charge is 1.95. The van der Waals surface area contributed by atoms with Gasteiger partial charge in [0.05, 0.1) is 0 Å². The van der Waals surface area contributed by atoms with Gasteiger partial charge < -0.3 is 10.4 Å². The van der Waals surface area contributed by atoms with Gasteiger partial charge in [-0.25, -0.2) is 4.79 Å². The molecule has 3 heteroatoms. The Bertz CT molecular complexity index is 589. The maximum absolute atomic E-state index is 10.5. The fraction of sp³-hybridized carbons (Fsp3) is 0.593. The van der Waals surface area contributed by atoms with Crippen molar-refractivity contribution in [3.8, 4) is 0 Å². The molecule has 1 rings (SSSR count). The van der Waals surface area contributed by atoms with Crippen LogP contribution < -0.4 is 5.32 Å². The molecular weight excluding hydrogens is 370 g/mol. The fourth-order valence-corrected chi connectivity index (χ4v) is 3.48. The average molecular weight is 414 g/mol. The van der Waals surface area contributed by atoms with Crippen molar-refractivity contribution in [1.82, 2.24) is 0 Å². The van der Waals surface area contributed by atoms with Crippen molar-refractivity contribution in [1.29, 1.82) is 0 Å². The average Bonchev–Trinajstić information content (AvgIpc) is 2.75. The Hall–Kier alpha value is -2.03. The standard InChI is InChI=1S/C27H43NO2/c1-2-3-4-5-6-7-8-9-10-11-12-13-14-15-16-17-24-28-26-21-18-25(19-22-26)20-23-27(29)30/h9-10,18-23,28H,2-8,11-17,24H2,1H3,(H,29,30)/b10-9+,23-20+. The Labute approximate surface area is 184 Å². The van der Waals surface area contributed by atoms with Crippen molar-refractivity contribution < 1.29 is 9.90 Å². The molecule has 0 unspecified atom stereocenters. The molecule has 1 aromatic rings. The Kier molecular flexibility index (Phi) is 16.4. The molecule has 0 aliphatic rings. The summed E-state index contributed by atoms with van der Waals surface area (Å²) >= 11 is 0. The van der Waals surface area contributed by atoms with E-state index in [1.54, 1.807) is 6.08 Å². The number of aliphatic carboxylic acids is 1. The van der Waals surface area contributed by atoms with Crippen LogP contribution in [0.4, 0.5) is 5.69 Å². The van der Waals surface area contributed by atoms with Gasteiger partial charge in [-0.3, -0.25) is 0 Å². The maximum Gasteiger partial charge on any atom is 0.328 e. The van der Waals surface area contributed by atoms with Crippen LogP contribution in [0.1, 0.15) is 102 Å². The highest BCUT2D eigenvalue weighted by atomic mass is 16.4. The third-order valence-electron chi connectivity index (χ3n) is 5.35. The van der Waals surface area contributed by atoms with Gasteiger partial charge >= 0.3 is 5.97 Å². The smallest absolute Gasteiger partial charge is 0.328 e. The quantitative estimate of drug-likeness (QED) is 0.136. The summed E-state index contributed by atoms with van der Waals surface area (Å²) in [5.41, 5.74) is 2.00. The maximum atomic E-state index is 10.5. The molecule has 1 aromatic carbocycles. The second-order valence-electron chi connectivity index (χ2n) is 8.16. The van der Waals surface area contributed by atoms with E-state index >= 15 is 0 Å². The number of carbonyl (C=O) groups is 1. The zero-order valence-corrected chi connectivity index (χ0v) is 19.1. The van der Waals surface area contributed by atoms with Crippen molar-refractivity contribution in [2.75, 3.05) is 11.9 Å².